The highest BCUT2D eigenvalue weighted by Gasteiger charge is 2.31. The van der Waals surface area contributed by atoms with Gasteiger partial charge in [-0.15, -0.1) is 11.8 Å². The molecule has 1 fully saturated rings. The number of amides is 1. The molecule has 1 heterocycles. The van der Waals surface area contributed by atoms with Crippen molar-refractivity contribution in [3.63, 3.8) is 0 Å². The van der Waals surface area contributed by atoms with Crippen LogP contribution >= 0.6 is 11.8 Å². The van der Waals surface area contributed by atoms with Crippen LogP contribution in [0.15, 0.2) is 42.5 Å². The average Bonchev–Trinajstić information content (AvgIpc) is 2.99. The Hall–Kier alpha value is -1.81. The van der Waals surface area contributed by atoms with Crippen LogP contribution in [0, 0.1) is 19.7 Å². The molecule has 0 aliphatic carbocycles. The van der Waals surface area contributed by atoms with Crippen molar-refractivity contribution in [2.75, 3.05) is 12.3 Å². The van der Waals surface area contributed by atoms with Crippen LogP contribution in [-0.2, 0) is 11.2 Å². The van der Waals surface area contributed by atoms with Crippen LogP contribution in [0.5, 0.6) is 0 Å². The summed E-state index contributed by atoms with van der Waals surface area (Å²) in [7, 11) is 0. The summed E-state index contributed by atoms with van der Waals surface area (Å²) >= 11 is 1.81. The molecular weight excluding hydrogens is 309 g/mol. The molecule has 0 spiro atoms. The molecule has 0 aromatic heterocycles. The van der Waals surface area contributed by atoms with Gasteiger partial charge in [-0.1, -0.05) is 35.9 Å². The molecule has 0 saturated carbocycles. The first-order chi connectivity index (χ1) is 11.0. The van der Waals surface area contributed by atoms with Gasteiger partial charge in [0.15, 0.2) is 0 Å². The van der Waals surface area contributed by atoms with Gasteiger partial charge in [0.25, 0.3) is 0 Å². The first kappa shape index (κ1) is 16.1. The second-order valence-corrected chi connectivity index (χ2v) is 7.16. The highest BCUT2D eigenvalue weighted by atomic mass is 32.2. The van der Waals surface area contributed by atoms with E-state index in [4.69, 9.17) is 0 Å². The Morgan fingerprint density at radius 2 is 1.96 bits per heavy atom. The largest absolute Gasteiger partial charge is 0.325 e. The standard InChI is InChI=1S/C19H20FNOS/c1-13-3-8-17(14(2)11-13)19-21(9-10-23-19)18(22)12-15-4-6-16(20)7-5-15/h3-8,11,19H,9-10,12H2,1-2H3. The zero-order valence-electron chi connectivity index (χ0n) is 13.4. The Labute approximate surface area is 140 Å². The lowest BCUT2D eigenvalue weighted by Crippen LogP contribution is -2.32. The number of halogens is 1. The predicted molar refractivity (Wildman–Crippen MR) is 92.9 cm³/mol. The fraction of sp³-hybridized carbons (Fsp3) is 0.316. The molecule has 3 rings (SSSR count). The van der Waals surface area contributed by atoms with E-state index in [9.17, 15) is 9.18 Å². The summed E-state index contributed by atoms with van der Waals surface area (Å²) < 4.78 is 13.0. The molecule has 0 N–H and O–H groups in total. The lowest BCUT2D eigenvalue weighted by molar-refractivity contribution is -0.130. The third-order valence-corrected chi connectivity index (χ3v) is 5.41. The van der Waals surface area contributed by atoms with E-state index in [1.807, 2.05) is 16.7 Å². The Morgan fingerprint density at radius 1 is 1.22 bits per heavy atom. The van der Waals surface area contributed by atoms with Crippen molar-refractivity contribution in [2.45, 2.75) is 25.6 Å². The average molecular weight is 329 g/mol. The molecule has 1 atom stereocenters. The van der Waals surface area contributed by atoms with Gasteiger partial charge in [0.1, 0.15) is 11.2 Å². The second kappa shape index (κ2) is 6.75. The quantitative estimate of drug-likeness (QED) is 0.838. The molecule has 2 aromatic rings. The van der Waals surface area contributed by atoms with E-state index in [1.165, 1.54) is 28.8 Å². The number of aryl methyl sites for hydroxylation is 2. The van der Waals surface area contributed by atoms with E-state index in [0.717, 1.165) is 17.9 Å². The van der Waals surface area contributed by atoms with Gasteiger partial charge in [-0.25, -0.2) is 4.39 Å². The summed E-state index contributed by atoms with van der Waals surface area (Å²) in [4.78, 5) is 14.6. The molecule has 2 nitrogen and oxygen atoms in total. The molecule has 0 bridgehead atoms. The number of hydrogen-bond donors (Lipinski definition) is 0. The van der Waals surface area contributed by atoms with Gasteiger partial charge in [0.05, 0.1) is 6.42 Å². The number of hydrogen-bond acceptors (Lipinski definition) is 2. The lowest BCUT2D eigenvalue weighted by Gasteiger charge is -2.25. The van der Waals surface area contributed by atoms with Gasteiger partial charge < -0.3 is 4.90 Å². The molecule has 1 unspecified atom stereocenters. The second-order valence-electron chi connectivity index (χ2n) is 5.97. The van der Waals surface area contributed by atoms with Crippen LogP contribution < -0.4 is 0 Å². The fourth-order valence-corrected chi connectivity index (χ4v) is 4.34. The smallest absolute Gasteiger partial charge is 0.228 e. The molecule has 120 valence electrons. The summed E-state index contributed by atoms with van der Waals surface area (Å²) in [6.45, 7) is 4.95. The third-order valence-electron chi connectivity index (χ3n) is 4.17. The molecule has 1 amide bonds. The van der Waals surface area contributed by atoms with Gasteiger partial charge in [0.2, 0.25) is 5.91 Å². The minimum absolute atomic E-state index is 0.0866. The molecule has 1 saturated heterocycles. The number of carbonyl (C=O) groups is 1. The van der Waals surface area contributed by atoms with E-state index < -0.39 is 0 Å². The fourth-order valence-electron chi connectivity index (χ4n) is 2.96. The van der Waals surface area contributed by atoms with Crippen LogP contribution in [0.25, 0.3) is 0 Å². The number of carbonyl (C=O) groups excluding carboxylic acids is 1. The van der Waals surface area contributed by atoms with Crippen molar-refractivity contribution in [1.29, 1.82) is 0 Å². The van der Waals surface area contributed by atoms with Crippen molar-refractivity contribution in [2.24, 2.45) is 0 Å². The minimum Gasteiger partial charge on any atom is -0.325 e. The Kier molecular flexibility index (Phi) is 4.71. The Balaban J connectivity index is 1.78. The zero-order chi connectivity index (χ0) is 16.4. The van der Waals surface area contributed by atoms with Gasteiger partial charge in [-0.2, -0.15) is 0 Å². The van der Waals surface area contributed by atoms with Gasteiger partial charge in [0, 0.05) is 12.3 Å². The molecular formula is C19H20FNOS. The monoisotopic (exact) mass is 329 g/mol. The topological polar surface area (TPSA) is 20.3 Å². The highest BCUT2D eigenvalue weighted by Crippen LogP contribution is 2.39. The van der Waals surface area contributed by atoms with Gasteiger partial charge >= 0.3 is 0 Å². The van der Waals surface area contributed by atoms with Crippen LogP contribution in [0.1, 0.15) is 27.6 Å². The molecule has 1 aliphatic rings. The van der Waals surface area contributed by atoms with Crippen LogP contribution in [0.4, 0.5) is 4.39 Å². The van der Waals surface area contributed by atoms with Crippen LogP contribution in [0.2, 0.25) is 0 Å². The molecule has 2 aromatic carbocycles. The first-order valence-corrected chi connectivity index (χ1v) is 8.82. The first-order valence-electron chi connectivity index (χ1n) is 7.77. The lowest BCUT2D eigenvalue weighted by atomic mass is 10.0. The van der Waals surface area contributed by atoms with Crippen LogP contribution in [0.3, 0.4) is 0 Å². The van der Waals surface area contributed by atoms with Crippen molar-refractivity contribution in [3.8, 4) is 0 Å². The predicted octanol–water partition coefficient (Wildman–Crippen LogP) is 4.26. The number of rotatable bonds is 3. The molecule has 23 heavy (non-hydrogen) atoms. The number of benzene rings is 2. The Bertz CT molecular complexity index is 714. The van der Waals surface area contributed by atoms with Crippen molar-refractivity contribution >= 4 is 17.7 Å². The summed E-state index contributed by atoms with van der Waals surface area (Å²) in [6, 6.07) is 12.6. The molecule has 4 heteroatoms. The zero-order valence-corrected chi connectivity index (χ0v) is 14.2. The molecule has 0 radical (unpaired) electrons. The van der Waals surface area contributed by atoms with Crippen molar-refractivity contribution in [1.82, 2.24) is 4.90 Å². The van der Waals surface area contributed by atoms with E-state index in [-0.39, 0.29) is 17.1 Å². The number of thioether (sulfide) groups is 1. The summed E-state index contributed by atoms with van der Waals surface area (Å²) in [5.74, 6) is 0.783. The molecule has 1 aliphatic heterocycles. The maximum Gasteiger partial charge on any atom is 0.228 e. The summed E-state index contributed by atoms with van der Waals surface area (Å²) in [5.41, 5.74) is 4.53. The van der Waals surface area contributed by atoms with Crippen molar-refractivity contribution in [3.05, 3.63) is 70.5 Å². The maximum atomic E-state index is 13.0. The van der Waals surface area contributed by atoms with Gasteiger partial charge in [-0.3, -0.25) is 4.79 Å². The maximum absolute atomic E-state index is 13.0. The van der Waals surface area contributed by atoms with E-state index in [0.29, 0.717) is 6.42 Å². The van der Waals surface area contributed by atoms with E-state index in [1.54, 1.807) is 12.1 Å². The highest BCUT2D eigenvalue weighted by molar-refractivity contribution is 7.99. The summed E-state index contributed by atoms with van der Waals surface area (Å²) in [6.07, 6.45) is 0.322. The van der Waals surface area contributed by atoms with Crippen LogP contribution in [-0.4, -0.2) is 23.1 Å². The summed E-state index contributed by atoms with van der Waals surface area (Å²) in [5, 5.41) is 0.0866. The van der Waals surface area contributed by atoms with Gasteiger partial charge in [-0.05, 0) is 42.7 Å². The van der Waals surface area contributed by atoms with E-state index in [2.05, 4.69) is 32.0 Å². The number of nitrogens with zero attached hydrogens (tertiary/aromatic N) is 1. The van der Waals surface area contributed by atoms with Crippen molar-refractivity contribution < 1.29 is 9.18 Å². The SMILES string of the molecule is Cc1ccc(C2SCCN2C(=O)Cc2ccc(F)cc2)c(C)c1. The third kappa shape index (κ3) is 3.58. The minimum atomic E-state index is -0.272. The van der Waals surface area contributed by atoms with E-state index >= 15 is 0 Å². The Morgan fingerprint density at radius 3 is 2.65 bits per heavy atom. The normalized spacial score (nSPS) is 17.5.